The maximum absolute atomic E-state index is 12.3. The Labute approximate surface area is 150 Å². The molecule has 0 fully saturated rings. The van der Waals surface area contributed by atoms with Gasteiger partial charge in [-0.15, -0.1) is 0 Å². The number of methoxy groups -OCH3 is 1. The average molecular weight is 366 g/mol. The zero-order valence-corrected chi connectivity index (χ0v) is 14.8. The molecule has 7 heteroatoms. The van der Waals surface area contributed by atoms with E-state index in [1.54, 1.807) is 38.3 Å². The number of hydrogen-bond acceptors (Lipinski definition) is 4. The summed E-state index contributed by atoms with van der Waals surface area (Å²) in [7, 11) is 1.60. The van der Waals surface area contributed by atoms with E-state index >= 15 is 0 Å². The van der Waals surface area contributed by atoms with E-state index in [2.05, 4.69) is 10.6 Å². The van der Waals surface area contributed by atoms with Crippen molar-refractivity contribution in [1.29, 1.82) is 0 Å². The van der Waals surface area contributed by atoms with Gasteiger partial charge in [0.05, 0.1) is 7.11 Å². The lowest BCUT2D eigenvalue weighted by Gasteiger charge is -2.15. The van der Waals surface area contributed by atoms with E-state index in [1.807, 2.05) is 24.3 Å². The van der Waals surface area contributed by atoms with Gasteiger partial charge in [0.2, 0.25) is 5.91 Å². The highest BCUT2D eigenvalue weighted by atomic mass is 32.2. The first-order valence-electron chi connectivity index (χ1n) is 7.70. The number of nitrogens with one attached hydrogen (secondary N) is 2. The van der Waals surface area contributed by atoms with Crippen LogP contribution < -0.4 is 15.4 Å². The van der Waals surface area contributed by atoms with Gasteiger partial charge in [-0.3, -0.25) is 4.79 Å². The predicted octanol–water partition coefficient (Wildman–Crippen LogP) is 4.13. The summed E-state index contributed by atoms with van der Waals surface area (Å²) in [5.74, 6) is -1.83. The van der Waals surface area contributed by atoms with Gasteiger partial charge in [-0.2, -0.15) is 8.78 Å². The van der Waals surface area contributed by atoms with Crippen LogP contribution in [0.3, 0.4) is 0 Å². The number of rotatable bonds is 8. The molecule has 0 aliphatic carbocycles. The molecule has 134 valence electrons. The van der Waals surface area contributed by atoms with Crippen molar-refractivity contribution in [2.45, 2.75) is 30.2 Å². The maximum Gasteiger partial charge on any atom is 0.288 e. The average Bonchev–Trinajstić information content (AvgIpc) is 2.61. The molecule has 0 aromatic heterocycles. The minimum Gasteiger partial charge on any atom is -0.497 e. The monoisotopic (exact) mass is 366 g/mol. The Morgan fingerprint density at radius 3 is 2.32 bits per heavy atom. The van der Waals surface area contributed by atoms with E-state index in [4.69, 9.17) is 4.74 Å². The standard InChI is InChI=1S/C18H20F2N2O2S/c1-12(22-14-5-9-16(10-6-14)25-18(19)20)17(23)21-11-13-3-7-15(24-2)8-4-13/h3-10,12,18,22H,11H2,1-2H3,(H,21,23)/t12-/m0/s1. The van der Waals surface area contributed by atoms with Gasteiger partial charge in [-0.1, -0.05) is 23.9 Å². The third kappa shape index (κ3) is 6.26. The maximum atomic E-state index is 12.3. The molecule has 0 heterocycles. The lowest BCUT2D eigenvalue weighted by atomic mass is 10.2. The van der Waals surface area contributed by atoms with Crippen molar-refractivity contribution in [3.63, 3.8) is 0 Å². The zero-order valence-electron chi connectivity index (χ0n) is 14.0. The van der Waals surface area contributed by atoms with Crippen LogP contribution in [-0.4, -0.2) is 24.8 Å². The molecule has 0 saturated heterocycles. The predicted molar refractivity (Wildman–Crippen MR) is 96.2 cm³/mol. The summed E-state index contributed by atoms with van der Waals surface area (Å²) in [4.78, 5) is 12.6. The minimum absolute atomic E-state index is 0.151. The molecule has 0 aliphatic rings. The third-order valence-electron chi connectivity index (χ3n) is 3.48. The van der Waals surface area contributed by atoms with Crippen molar-refractivity contribution in [3.8, 4) is 5.75 Å². The van der Waals surface area contributed by atoms with E-state index in [9.17, 15) is 13.6 Å². The molecule has 2 rings (SSSR count). The molecule has 0 saturated carbocycles. The molecule has 0 spiro atoms. The van der Waals surface area contributed by atoms with Crippen molar-refractivity contribution < 1.29 is 18.3 Å². The Kier molecular flexibility index (Phi) is 7.06. The van der Waals surface area contributed by atoms with Gasteiger partial charge in [0.15, 0.2) is 0 Å². The second-order valence-electron chi connectivity index (χ2n) is 5.33. The molecule has 0 aliphatic heterocycles. The molecular formula is C18H20F2N2O2S. The van der Waals surface area contributed by atoms with Crippen LogP contribution in [0.2, 0.25) is 0 Å². The minimum atomic E-state index is -2.44. The van der Waals surface area contributed by atoms with E-state index in [1.165, 1.54) is 0 Å². The summed E-state index contributed by atoms with van der Waals surface area (Å²) < 4.78 is 29.7. The molecule has 25 heavy (non-hydrogen) atoms. The molecule has 0 bridgehead atoms. The number of carbonyl (C=O) groups is 1. The van der Waals surface area contributed by atoms with E-state index in [-0.39, 0.29) is 5.91 Å². The molecular weight excluding hydrogens is 346 g/mol. The Morgan fingerprint density at radius 2 is 1.76 bits per heavy atom. The third-order valence-corrected chi connectivity index (χ3v) is 4.20. The number of thioether (sulfide) groups is 1. The van der Waals surface area contributed by atoms with Crippen LogP contribution in [-0.2, 0) is 11.3 Å². The summed E-state index contributed by atoms with van der Waals surface area (Å²) in [5, 5.41) is 5.90. The zero-order chi connectivity index (χ0) is 18.2. The summed E-state index contributed by atoms with van der Waals surface area (Å²) in [5.41, 5.74) is 1.67. The fourth-order valence-electron chi connectivity index (χ4n) is 2.13. The van der Waals surface area contributed by atoms with Crippen LogP contribution in [0, 0.1) is 0 Å². The Morgan fingerprint density at radius 1 is 1.12 bits per heavy atom. The molecule has 0 radical (unpaired) electrons. The number of hydrogen-bond donors (Lipinski definition) is 2. The number of benzene rings is 2. The van der Waals surface area contributed by atoms with Crippen molar-refractivity contribution in [2.75, 3.05) is 12.4 Å². The molecule has 0 unspecified atom stereocenters. The van der Waals surface area contributed by atoms with Crippen molar-refractivity contribution in [1.82, 2.24) is 5.32 Å². The van der Waals surface area contributed by atoms with Gasteiger partial charge in [0.1, 0.15) is 11.8 Å². The van der Waals surface area contributed by atoms with E-state index < -0.39 is 11.8 Å². The quantitative estimate of drug-likeness (QED) is 0.690. The summed E-state index contributed by atoms with van der Waals surface area (Å²) in [6, 6.07) is 13.5. The van der Waals surface area contributed by atoms with Gasteiger partial charge >= 0.3 is 0 Å². The first-order chi connectivity index (χ1) is 12.0. The van der Waals surface area contributed by atoms with Gasteiger partial charge < -0.3 is 15.4 Å². The summed E-state index contributed by atoms with van der Waals surface area (Å²) >= 11 is 0.491. The van der Waals surface area contributed by atoms with Crippen LogP contribution in [0.4, 0.5) is 14.5 Å². The highest BCUT2D eigenvalue weighted by Gasteiger charge is 2.12. The number of carbonyl (C=O) groups excluding carboxylic acids is 1. The highest BCUT2D eigenvalue weighted by Crippen LogP contribution is 2.26. The number of halogens is 2. The molecule has 4 nitrogen and oxygen atoms in total. The van der Waals surface area contributed by atoms with Crippen LogP contribution >= 0.6 is 11.8 Å². The summed E-state index contributed by atoms with van der Waals surface area (Å²) in [6.07, 6.45) is 0. The lowest BCUT2D eigenvalue weighted by molar-refractivity contribution is -0.121. The molecule has 1 atom stereocenters. The van der Waals surface area contributed by atoms with Gasteiger partial charge in [-0.05, 0) is 48.9 Å². The second kappa shape index (κ2) is 9.27. The Bertz CT molecular complexity index is 678. The Balaban J connectivity index is 1.82. The normalized spacial score (nSPS) is 11.9. The largest absolute Gasteiger partial charge is 0.497 e. The van der Waals surface area contributed by atoms with Crippen molar-refractivity contribution >= 4 is 23.4 Å². The van der Waals surface area contributed by atoms with Crippen molar-refractivity contribution in [3.05, 3.63) is 54.1 Å². The van der Waals surface area contributed by atoms with Gasteiger partial charge in [0.25, 0.3) is 5.76 Å². The molecule has 2 aromatic carbocycles. The second-order valence-corrected chi connectivity index (χ2v) is 6.40. The lowest BCUT2D eigenvalue weighted by Crippen LogP contribution is -2.37. The molecule has 1 amide bonds. The Hall–Kier alpha value is -2.28. The van der Waals surface area contributed by atoms with Crippen molar-refractivity contribution in [2.24, 2.45) is 0 Å². The summed E-state index contributed by atoms with van der Waals surface area (Å²) in [6.45, 7) is 2.16. The van der Waals surface area contributed by atoms with Gasteiger partial charge in [-0.25, -0.2) is 0 Å². The molecule has 2 aromatic rings. The number of alkyl halides is 2. The fourth-order valence-corrected chi connectivity index (χ4v) is 2.63. The molecule has 2 N–H and O–H groups in total. The first-order valence-corrected chi connectivity index (χ1v) is 8.58. The number of amides is 1. The first kappa shape index (κ1) is 19.1. The number of anilines is 1. The van der Waals surface area contributed by atoms with Crippen LogP contribution in [0.1, 0.15) is 12.5 Å². The number of ether oxygens (including phenoxy) is 1. The van der Waals surface area contributed by atoms with Crippen LogP contribution in [0.5, 0.6) is 5.75 Å². The SMILES string of the molecule is COc1ccc(CNC(=O)[C@H](C)Nc2ccc(SC(F)F)cc2)cc1. The van der Waals surface area contributed by atoms with Gasteiger partial charge in [0, 0.05) is 17.1 Å². The smallest absolute Gasteiger partial charge is 0.288 e. The van der Waals surface area contributed by atoms with Crippen LogP contribution in [0.15, 0.2) is 53.4 Å². The topological polar surface area (TPSA) is 50.4 Å². The fraction of sp³-hybridized carbons (Fsp3) is 0.278. The van der Waals surface area contributed by atoms with E-state index in [0.29, 0.717) is 28.9 Å². The van der Waals surface area contributed by atoms with E-state index in [0.717, 1.165) is 11.3 Å². The van der Waals surface area contributed by atoms with Crippen LogP contribution in [0.25, 0.3) is 0 Å². The highest BCUT2D eigenvalue weighted by molar-refractivity contribution is 7.99.